The van der Waals surface area contributed by atoms with Crippen LogP contribution in [0.1, 0.15) is 6.92 Å². The van der Waals surface area contributed by atoms with E-state index in [-0.39, 0.29) is 40.0 Å². The van der Waals surface area contributed by atoms with Crippen LogP contribution in [0.15, 0.2) is 6.08 Å². The number of halogens is 1. The van der Waals surface area contributed by atoms with Crippen LogP contribution in [0.2, 0.25) is 0 Å². The van der Waals surface area contributed by atoms with Crippen LogP contribution in [0, 0.1) is 6.58 Å². The van der Waals surface area contributed by atoms with Crippen molar-refractivity contribution in [1.29, 1.82) is 0 Å². The molecule has 0 N–H and O–H groups in total. The summed E-state index contributed by atoms with van der Waals surface area (Å²) in [5.41, 5.74) is 0. The third-order valence-electron chi connectivity index (χ3n) is 0.418. The second-order valence-corrected chi connectivity index (χ2v) is 0.895. The van der Waals surface area contributed by atoms with Crippen molar-refractivity contribution in [3.63, 3.8) is 0 Å². The Morgan fingerprint density at radius 3 is 2.25 bits per heavy atom. The maximum Gasteiger partial charge on any atom is 2.00 e. The molecular weight excluding hydrogens is 180 g/mol. The summed E-state index contributed by atoms with van der Waals surface area (Å²) in [6.07, 6.45) is 1.49. The minimum atomic E-state index is 0. The SMILES string of the molecule is [Br-].[CH-]=CCOCC.[Mg+2]. The first-order valence-electron chi connectivity index (χ1n) is 2.03. The molecule has 0 aliphatic carbocycles. The van der Waals surface area contributed by atoms with E-state index in [1.807, 2.05) is 6.92 Å². The van der Waals surface area contributed by atoms with Crippen LogP contribution in [0.4, 0.5) is 0 Å². The first kappa shape index (κ1) is 16.0. The first-order chi connectivity index (χ1) is 2.91. The summed E-state index contributed by atoms with van der Waals surface area (Å²) in [4.78, 5) is 0. The average Bonchev–Trinajstić information content (AvgIpc) is 1.61. The Balaban J connectivity index is -0.000000125. The predicted molar refractivity (Wildman–Crippen MR) is 31.1 cm³/mol. The van der Waals surface area contributed by atoms with Gasteiger partial charge in [-0.25, -0.2) is 6.08 Å². The molecule has 8 heavy (non-hydrogen) atoms. The number of hydrogen-bond donors (Lipinski definition) is 0. The molecule has 0 aromatic heterocycles. The summed E-state index contributed by atoms with van der Waals surface area (Å²) in [7, 11) is 0. The van der Waals surface area contributed by atoms with Gasteiger partial charge in [0.25, 0.3) is 0 Å². The van der Waals surface area contributed by atoms with E-state index in [1.54, 1.807) is 0 Å². The van der Waals surface area contributed by atoms with Crippen molar-refractivity contribution in [2.75, 3.05) is 13.2 Å². The normalized spacial score (nSPS) is 6.12. The van der Waals surface area contributed by atoms with Gasteiger partial charge in [0, 0.05) is 13.2 Å². The first-order valence-corrected chi connectivity index (χ1v) is 2.03. The molecule has 3 heteroatoms. The van der Waals surface area contributed by atoms with E-state index < -0.39 is 0 Å². The van der Waals surface area contributed by atoms with Gasteiger partial charge in [0.1, 0.15) is 0 Å². The minimum absolute atomic E-state index is 0. The number of hydrogen-bond acceptors (Lipinski definition) is 1. The van der Waals surface area contributed by atoms with E-state index in [2.05, 4.69) is 0 Å². The van der Waals surface area contributed by atoms with Crippen molar-refractivity contribution < 1.29 is 21.7 Å². The van der Waals surface area contributed by atoms with Crippen molar-refractivity contribution in [1.82, 2.24) is 0 Å². The molecule has 0 rings (SSSR count). The van der Waals surface area contributed by atoms with Crippen LogP contribution < -0.4 is 17.0 Å². The van der Waals surface area contributed by atoms with Crippen LogP contribution in [0.5, 0.6) is 0 Å². The summed E-state index contributed by atoms with van der Waals surface area (Å²) < 4.78 is 4.80. The molecule has 0 atom stereocenters. The quantitative estimate of drug-likeness (QED) is 0.274. The fraction of sp³-hybridized carbons (Fsp3) is 0.600. The number of rotatable bonds is 3. The molecule has 0 aromatic rings. The van der Waals surface area contributed by atoms with Crippen molar-refractivity contribution in [2.45, 2.75) is 6.92 Å². The second kappa shape index (κ2) is 15.7. The molecule has 0 saturated heterocycles. The van der Waals surface area contributed by atoms with Gasteiger partial charge < -0.3 is 28.3 Å². The van der Waals surface area contributed by atoms with E-state index in [0.29, 0.717) is 6.61 Å². The Morgan fingerprint density at radius 1 is 1.62 bits per heavy atom. The molecule has 0 heterocycles. The van der Waals surface area contributed by atoms with Crippen molar-refractivity contribution in [3.05, 3.63) is 12.7 Å². The van der Waals surface area contributed by atoms with Gasteiger partial charge in [-0.15, -0.1) is 0 Å². The maximum absolute atomic E-state index is 4.96. The Morgan fingerprint density at radius 2 is 2.12 bits per heavy atom. The second-order valence-electron chi connectivity index (χ2n) is 0.895. The molecule has 0 saturated carbocycles. The standard InChI is InChI=1S/C5H9O.BrH.Mg/c1-3-5-6-4-2;;/h1,3H,4-5H2,2H3;1H;/q-1;;+2/p-1. The smallest absolute Gasteiger partial charge is 1.00 e. The van der Waals surface area contributed by atoms with Gasteiger partial charge in [0.2, 0.25) is 0 Å². The fourth-order valence-corrected chi connectivity index (χ4v) is 0.186. The van der Waals surface area contributed by atoms with E-state index in [0.717, 1.165) is 6.61 Å². The summed E-state index contributed by atoms with van der Waals surface area (Å²) in [6, 6.07) is 0. The number of ether oxygens (including phenoxy) is 1. The topological polar surface area (TPSA) is 9.23 Å². The molecular formula is C5H9BrMgO. The summed E-state index contributed by atoms with van der Waals surface area (Å²) in [5, 5.41) is 0. The van der Waals surface area contributed by atoms with Crippen LogP contribution in [-0.2, 0) is 4.74 Å². The van der Waals surface area contributed by atoms with E-state index in [1.165, 1.54) is 6.08 Å². The summed E-state index contributed by atoms with van der Waals surface area (Å²) in [6.45, 7) is 8.21. The van der Waals surface area contributed by atoms with Gasteiger partial charge in [0.05, 0.1) is 0 Å². The molecule has 0 fully saturated rings. The van der Waals surface area contributed by atoms with Crippen molar-refractivity contribution in [3.8, 4) is 0 Å². The third-order valence-corrected chi connectivity index (χ3v) is 0.418. The summed E-state index contributed by atoms with van der Waals surface area (Å²) >= 11 is 0. The van der Waals surface area contributed by atoms with E-state index in [9.17, 15) is 0 Å². The maximum atomic E-state index is 4.96. The molecule has 0 aliphatic heterocycles. The van der Waals surface area contributed by atoms with Gasteiger partial charge in [-0.2, -0.15) is 0 Å². The van der Waals surface area contributed by atoms with Gasteiger partial charge in [-0.05, 0) is 6.92 Å². The Labute approximate surface area is 77.4 Å². The zero-order valence-corrected chi connectivity index (χ0v) is 8.06. The Bertz CT molecular complexity index is 41.4. The van der Waals surface area contributed by atoms with Gasteiger partial charge in [-0.3, -0.25) is 0 Å². The molecule has 1 nitrogen and oxygen atoms in total. The molecule has 0 amide bonds. The van der Waals surface area contributed by atoms with Crippen molar-refractivity contribution >= 4 is 23.1 Å². The molecule has 0 radical (unpaired) electrons. The minimum Gasteiger partial charge on any atom is -1.00 e. The molecule has 0 bridgehead atoms. The van der Waals surface area contributed by atoms with Gasteiger partial charge >= 0.3 is 23.1 Å². The molecule has 0 unspecified atom stereocenters. The molecule has 0 aliphatic rings. The molecule has 0 aromatic carbocycles. The Kier molecular flexibility index (Phi) is 31.3. The fourth-order valence-electron chi connectivity index (χ4n) is 0.186. The van der Waals surface area contributed by atoms with E-state index in [4.69, 9.17) is 11.3 Å². The van der Waals surface area contributed by atoms with Crippen LogP contribution >= 0.6 is 0 Å². The Hall–Kier alpha value is 0.946. The zero-order valence-electron chi connectivity index (χ0n) is 5.06. The summed E-state index contributed by atoms with van der Waals surface area (Å²) in [5.74, 6) is 0. The van der Waals surface area contributed by atoms with Crippen LogP contribution in [0.3, 0.4) is 0 Å². The third kappa shape index (κ3) is 15.8. The van der Waals surface area contributed by atoms with E-state index >= 15 is 0 Å². The predicted octanol–water partition coefficient (Wildman–Crippen LogP) is -2.36. The monoisotopic (exact) mass is 188 g/mol. The van der Waals surface area contributed by atoms with Gasteiger partial charge in [-0.1, -0.05) is 0 Å². The molecule has 44 valence electrons. The zero-order chi connectivity index (χ0) is 4.83. The van der Waals surface area contributed by atoms with Crippen molar-refractivity contribution in [2.24, 2.45) is 0 Å². The molecule has 0 spiro atoms. The van der Waals surface area contributed by atoms with Crippen LogP contribution in [-0.4, -0.2) is 36.3 Å². The van der Waals surface area contributed by atoms with Gasteiger partial charge in [0.15, 0.2) is 0 Å². The average molecular weight is 189 g/mol. The largest absolute Gasteiger partial charge is 2.00 e. The van der Waals surface area contributed by atoms with Crippen LogP contribution in [0.25, 0.3) is 0 Å².